The lowest BCUT2D eigenvalue weighted by molar-refractivity contribution is -0.116. The van der Waals surface area contributed by atoms with Crippen molar-refractivity contribution in [1.29, 1.82) is 0 Å². The zero-order chi connectivity index (χ0) is 22.8. The molecule has 1 fully saturated rings. The average Bonchev–Trinajstić information content (AvgIpc) is 3.23. The molecule has 3 rings (SSSR count). The number of hydrogen-bond acceptors (Lipinski definition) is 6. The largest absolute Gasteiger partial charge is 0.311 e. The van der Waals surface area contributed by atoms with Gasteiger partial charge in [0.2, 0.25) is 15.9 Å². The van der Waals surface area contributed by atoms with Crippen LogP contribution in [-0.2, 0) is 24.7 Å². The van der Waals surface area contributed by atoms with Gasteiger partial charge in [0, 0.05) is 26.1 Å². The first-order chi connectivity index (χ1) is 14.5. The number of carbonyl (C=O) groups is 1. The first-order valence-electron chi connectivity index (χ1n) is 9.76. The molecule has 2 heterocycles. The van der Waals surface area contributed by atoms with Crippen molar-refractivity contribution < 1.29 is 26.0 Å². The Bertz CT molecular complexity index is 1160. The van der Waals surface area contributed by atoms with E-state index in [2.05, 4.69) is 10.4 Å². The molecular formula is C19H25FN4O5S2. The predicted octanol–water partition coefficient (Wildman–Crippen LogP) is 1.73. The molecule has 0 spiro atoms. The van der Waals surface area contributed by atoms with E-state index >= 15 is 0 Å². The van der Waals surface area contributed by atoms with Crippen LogP contribution in [0.1, 0.15) is 31.0 Å². The summed E-state index contributed by atoms with van der Waals surface area (Å²) in [5.74, 6) is -0.337. The predicted molar refractivity (Wildman–Crippen MR) is 113 cm³/mol. The molecule has 0 saturated carbocycles. The zero-order valence-corrected chi connectivity index (χ0v) is 18.9. The third-order valence-electron chi connectivity index (χ3n) is 5.08. The van der Waals surface area contributed by atoms with Crippen LogP contribution in [0.25, 0.3) is 0 Å². The van der Waals surface area contributed by atoms with E-state index in [0.29, 0.717) is 17.9 Å². The molecule has 12 heteroatoms. The lowest BCUT2D eigenvalue weighted by Crippen LogP contribution is -2.28. The number of sulfonamides is 1. The van der Waals surface area contributed by atoms with Gasteiger partial charge in [-0.1, -0.05) is 0 Å². The van der Waals surface area contributed by atoms with Crippen molar-refractivity contribution in [3.8, 4) is 0 Å². The topological polar surface area (TPSA) is 118 Å². The second kappa shape index (κ2) is 9.05. The summed E-state index contributed by atoms with van der Waals surface area (Å²) in [5, 5.41) is 7.06. The van der Waals surface area contributed by atoms with Crippen LogP contribution in [0.3, 0.4) is 0 Å². The molecule has 1 N–H and O–H groups in total. The van der Waals surface area contributed by atoms with Gasteiger partial charge in [-0.15, -0.1) is 0 Å². The zero-order valence-electron chi connectivity index (χ0n) is 17.3. The highest BCUT2D eigenvalue weighted by Gasteiger charge is 2.31. The molecule has 1 aromatic carbocycles. The number of nitrogens with one attached hydrogen (secondary N) is 1. The first-order valence-corrected chi connectivity index (χ1v) is 13.0. The van der Waals surface area contributed by atoms with Crippen LogP contribution < -0.4 is 5.32 Å². The number of amides is 1. The minimum Gasteiger partial charge on any atom is -0.311 e. The maximum absolute atomic E-state index is 13.0. The molecule has 1 aromatic heterocycles. The van der Waals surface area contributed by atoms with Crippen LogP contribution in [0.5, 0.6) is 0 Å². The summed E-state index contributed by atoms with van der Waals surface area (Å²) in [7, 11) is -5.48. The molecule has 1 unspecified atom stereocenters. The van der Waals surface area contributed by atoms with Crippen LogP contribution >= 0.6 is 0 Å². The Hall–Kier alpha value is -2.31. The summed E-state index contributed by atoms with van der Waals surface area (Å²) in [6.45, 7) is 1.86. The van der Waals surface area contributed by atoms with E-state index in [1.54, 1.807) is 17.7 Å². The number of anilines is 1. The average molecular weight is 473 g/mol. The van der Waals surface area contributed by atoms with E-state index in [4.69, 9.17) is 0 Å². The molecule has 1 atom stereocenters. The number of aryl methyl sites for hydroxylation is 1. The Balaban J connectivity index is 1.56. The number of rotatable bonds is 8. The minimum atomic E-state index is -3.77. The van der Waals surface area contributed by atoms with Gasteiger partial charge in [0.1, 0.15) is 11.6 Å². The Labute approximate surface area is 181 Å². The van der Waals surface area contributed by atoms with Crippen molar-refractivity contribution in [2.24, 2.45) is 0 Å². The molecule has 1 amide bonds. The lowest BCUT2D eigenvalue weighted by Gasteiger charge is -2.17. The van der Waals surface area contributed by atoms with Crippen molar-refractivity contribution >= 4 is 31.6 Å². The summed E-state index contributed by atoms with van der Waals surface area (Å²) >= 11 is 0. The maximum atomic E-state index is 13.0. The number of sulfone groups is 1. The number of halogens is 1. The summed E-state index contributed by atoms with van der Waals surface area (Å²) < 4.78 is 64.2. The quantitative estimate of drug-likeness (QED) is 0.625. The summed E-state index contributed by atoms with van der Waals surface area (Å²) in [6.07, 6.45) is 0.780. The van der Waals surface area contributed by atoms with Crippen LogP contribution in [0.4, 0.5) is 10.2 Å². The lowest BCUT2D eigenvalue weighted by atomic mass is 10.2. The van der Waals surface area contributed by atoms with Gasteiger partial charge in [-0.2, -0.15) is 5.10 Å². The molecule has 2 aromatic rings. The molecule has 9 nitrogen and oxygen atoms in total. The fourth-order valence-corrected chi connectivity index (χ4v) is 6.33. The van der Waals surface area contributed by atoms with E-state index in [0.717, 1.165) is 16.4 Å². The van der Waals surface area contributed by atoms with Crippen molar-refractivity contribution in [3.63, 3.8) is 0 Å². The minimum absolute atomic E-state index is 0.0109. The van der Waals surface area contributed by atoms with Gasteiger partial charge < -0.3 is 5.32 Å². The van der Waals surface area contributed by atoms with Gasteiger partial charge in [0.05, 0.1) is 28.1 Å². The normalized spacial score (nSPS) is 18.4. The monoisotopic (exact) mass is 472 g/mol. The fourth-order valence-electron chi connectivity index (χ4n) is 3.43. The number of aromatic nitrogens is 2. The van der Waals surface area contributed by atoms with Crippen LogP contribution in [0, 0.1) is 12.7 Å². The van der Waals surface area contributed by atoms with Gasteiger partial charge in [0.15, 0.2) is 9.84 Å². The first kappa shape index (κ1) is 23.4. The van der Waals surface area contributed by atoms with Gasteiger partial charge in [-0.25, -0.2) is 30.2 Å². The van der Waals surface area contributed by atoms with Crippen molar-refractivity contribution in [2.75, 3.05) is 30.4 Å². The molecule has 0 aliphatic carbocycles. The number of hydrogen-bond donors (Lipinski definition) is 1. The highest BCUT2D eigenvalue weighted by molar-refractivity contribution is 7.91. The maximum Gasteiger partial charge on any atom is 0.242 e. The summed E-state index contributed by atoms with van der Waals surface area (Å²) in [5.41, 5.74) is 0.657. The molecule has 170 valence electrons. The van der Waals surface area contributed by atoms with Gasteiger partial charge in [-0.3, -0.25) is 4.79 Å². The Morgan fingerprint density at radius 3 is 2.61 bits per heavy atom. The third kappa shape index (κ3) is 5.69. The van der Waals surface area contributed by atoms with Crippen LogP contribution in [0.2, 0.25) is 0 Å². The Morgan fingerprint density at radius 2 is 2.00 bits per heavy atom. The molecule has 31 heavy (non-hydrogen) atoms. The SMILES string of the molecule is Cc1cc(NC(=O)CCCN(C)S(=O)(=O)c2ccc(F)cc2)n(C2CCS(=O)(=O)C2)n1. The second-order valence-corrected chi connectivity index (χ2v) is 11.9. The fraction of sp³-hybridized carbons (Fsp3) is 0.474. The Kier molecular flexibility index (Phi) is 6.82. The number of nitrogens with zero attached hydrogens (tertiary/aromatic N) is 3. The second-order valence-electron chi connectivity index (χ2n) is 7.60. The molecule has 0 radical (unpaired) electrons. The Morgan fingerprint density at radius 1 is 1.32 bits per heavy atom. The molecule has 1 aliphatic rings. The molecule has 1 saturated heterocycles. The van der Waals surface area contributed by atoms with Crippen LogP contribution in [-0.4, -0.2) is 61.9 Å². The van der Waals surface area contributed by atoms with Crippen molar-refractivity contribution in [2.45, 2.75) is 37.1 Å². The van der Waals surface area contributed by atoms with E-state index in [-0.39, 0.29) is 47.7 Å². The van der Waals surface area contributed by atoms with Gasteiger partial charge in [0.25, 0.3) is 0 Å². The van der Waals surface area contributed by atoms with Crippen LogP contribution in [0.15, 0.2) is 35.2 Å². The van der Waals surface area contributed by atoms with Crippen molar-refractivity contribution in [1.82, 2.24) is 14.1 Å². The number of carbonyl (C=O) groups excluding carboxylic acids is 1. The highest BCUT2D eigenvalue weighted by atomic mass is 32.2. The van der Waals surface area contributed by atoms with Crippen molar-refractivity contribution in [3.05, 3.63) is 41.8 Å². The standard InChI is InChI=1S/C19H25FN4O5S2/c1-14-12-18(24(22-14)16-9-11-30(26,27)13-16)21-19(25)4-3-10-23(2)31(28,29)17-7-5-15(20)6-8-17/h5-8,12,16H,3-4,9-11,13H2,1-2H3,(H,21,25). The van der Waals surface area contributed by atoms with E-state index in [1.807, 2.05) is 0 Å². The van der Waals surface area contributed by atoms with E-state index < -0.39 is 25.7 Å². The number of benzene rings is 1. The molecular weight excluding hydrogens is 447 g/mol. The summed E-state index contributed by atoms with van der Waals surface area (Å²) in [4.78, 5) is 12.4. The van der Waals surface area contributed by atoms with E-state index in [1.165, 1.54) is 19.2 Å². The van der Waals surface area contributed by atoms with Gasteiger partial charge in [-0.05, 0) is 44.0 Å². The van der Waals surface area contributed by atoms with E-state index in [9.17, 15) is 26.0 Å². The summed E-state index contributed by atoms with van der Waals surface area (Å²) in [6, 6.07) is 5.90. The van der Waals surface area contributed by atoms with Gasteiger partial charge >= 0.3 is 0 Å². The molecule has 0 bridgehead atoms. The molecule has 1 aliphatic heterocycles. The third-order valence-corrected chi connectivity index (χ3v) is 8.70. The highest BCUT2D eigenvalue weighted by Crippen LogP contribution is 2.27. The smallest absolute Gasteiger partial charge is 0.242 e.